The van der Waals surface area contributed by atoms with Crippen molar-refractivity contribution in [2.75, 3.05) is 31.6 Å². The Balaban J connectivity index is 1.59. The largest absolute Gasteiger partial charge is 0.395 e. The van der Waals surface area contributed by atoms with E-state index in [0.29, 0.717) is 24.3 Å². The van der Waals surface area contributed by atoms with Crippen molar-refractivity contribution in [1.82, 2.24) is 10.2 Å². The van der Waals surface area contributed by atoms with Crippen LogP contribution in [0.3, 0.4) is 0 Å². The number of aliphatic hydroxyl groups is 1. The van der Waals surface area contributed by atoms with Crippen molar-refractivity contribution < 1.29 is 19.1 Å². The van der Waals surface area contributed by atoms with Gasteiger partial charge in [-0.25, -0.2) is 4.39 Å². The van der Waals surface area contributed by atoms with Gasteiger partial charge >= 0.3 is 0 Å². The third-order valence-corrected chi connectivity index (χ3v) is 5.48. The Morgan fingerprint density at radius 3 is 2.70 bits per heavy atom. The summed E-state index contributed by atoms with van der Waals surface area (Å²) in [6.45, 7) is 4.07. The van der Waals surface area contributed by atoms with E-state index >= 15 is 0 Å². The number of aliphatic hydroxyl groups excluding tert-OH is 1. The van der Waals surface area contributed by atoms with E-state index in [2.05, 4.69) is 15.5 Å². The first kappa shape index (κ1) is 21.9. The molecule has 6 nitrogen and oxygen atoms in total. The van der Waals surface area contributed by atoms with Crippen LogP contribution in [0.25, 0.3) is 0 Å². The van der Waals surface area contributed by atoms with E-state index in [4.69, 9.17) is 0 Å². The highest BCUT2D eigenvalue weighted by Crippen LogP contribution is 2.19. The van der Waals surface area contributed by atoms with Crippen molar-refractivity contribution in [3.05, 3.63) is 65.0 Å². The van der Waals surface area contributed by atoms with Gasteiger partial charge in [0, 0.05) is 35.9 Å². The van der Waals surface area contributed by atoms with Crippen molar-refractivity contribution >= 4 is 17.5 Å². The molecule has 1 unspecified atom stereocenters. The second kappa shape index (κ2) is 10.3. The first-order valence-electron chi connectivity index (χ1n) is 10.3. The molecule has 1 atom stereocenters. The average molecular weight is 413 g/mol. The number of nitrogens with one attached hydrogen (secondary N) is 2. The smallest absolute Gasteiger partial charge is 0.255 e. The molecule has 0 aliphatic carbocycles. The Bertz CT molecular complexity index is 903. The minimum atomic E-state index is -0.482. The number of carbonyl (C=O) groups excluding carboxylic acids is 2. The molecule has 0 aromatic heterocycles. The number of benzene rings is 2. The zero-order chi connectivity index (χ0) is 21.5. The van der Waals surface area contributed by atoms with Crippen LogP contribution in [0.1, 0.15) is 45.5 Å². The van der Waals surface area contributed by atoms with Crippen LogP contribution in [0.4, 0.5) is 10.1 Å². The van der Waals surface area contributed by atoms with Crippen LogP contribution in [0.5, 0.6) is 0 Å². The zero-order valence-corrected chi connectivity index (χ0v) is 17.2. The zero-order valence-electron chi connectivity index (χ0n) is 17.2. The number of amides is 2. The van der Waals surface area contributed by atoms with Crippen molar-refractivity contribution in [3.8, 4) is 0 Å². The summed E-state index contributed by atoms with van der Waals surface area (Å²) in [6.07, 6.45) is 3.22. The predicted molar refractivity (Wildman–Crippen MR) is 114 cm³/mol. The number of nitrogens with zero attached hydrogens (tertiary/aromatic N) is 1. The summed E-state index contributed by atoms with van der Waals surface area (Å²) >= 11 is 0. The summed E-state index contributed by atoms with van der Waals surface area (Å²) in [5, 5.41) is 15.1. The van der Waals surface area contributed by atoms with E-state index in [1.54, 1.807) is 18.2 Å². The number of carbonyl (C=O) groups is 2. The number of hydrogen-bond donors (Lipinski definition) is 3. The number of halogens is 1. The molecule has 160 valence electrons. The molecule has 0 spiro atoms. The Labute approximate surface area is 176 Å². The van der Waals surface area contributed by atoms with Crippen molar-refractivity contribution in [2.24, 2.45) is 0 Å². The average Bonchev–Trinajstić information content (AvgIpc) is 2.75. The molecular weight excluding hydrogens is 385 g/mol. The summed E-state index contributed by atoms with van der Waals surface area (Å²) in [7, 11) is 0. The van der Waals surface area contributed by atoms with E-state index < -0.39 is 11.7 Å². The molecule has 1 aliphatic heterocycles. The van der Waals surface area contributed by atoms with Crippen molar-refractivity contribution in [1.29, 1.82) is 0 Å². The number of anilines is 1. The second-order valence-electron chi connectivity index (χ2n) is 7.62. The van der Waals surface area contributed by atoms with Gasteiger partial charge in [-0.15, -0.1) is 0 Å². The van der Waals surface area contributed by atoms with E-state index in [1.165, 1.54) is 24.3 Å². The molecule has 1 fully saturated rings. The Kier molecular flexibility index (Phi) is 7.54. The minimum absolute atomic E-state index is 0.139. The summed E-state index contributed by atoms with van der Waals surface area (Å²) in [6, 6.07) is 10.7. The molecule has 0 bridgehead atoms. The molecule has 2 aromatic carbocycles. The lowest BCUT2D eigenvalue weighted by molar-refractivity contribution is 0.0849. The van der Waals surface area contributed by atoms with Gasteiger partial charge in [-0.3, -0.25) is 14.5 Å². The number of piperidine rings is 1. The molecule has 2 aromatic rings. The first-order chi connectivity index (χ1) is 14.5. The third-order valence-electron chi connectivity index (χ3n) is 5.48. The minimum Gasteiger partial charge on any atom is -0.395 e. The number of hydrogen-bond acceptors (Lipinski definition) is 4. The summed E-state index contributed by atoms with van der Waals surface area (Å²) in [5.74, 6) is -1.14. The van der Waals surface area contributed by atoms with E-state index in [-0.39, 0.29) is 24.1 Å². The molecule has 0 radical (unpaired) electrons. The van der Waals surface area contributed by atoms with Gasteiger partial charge in [0.25, 0.3) is 11.8 Å². The van der Waals surface area contributed by atoms with Gasteiger partial charge in [0.05, 0.1) is 6.61 Å². The van der Waals surface area contributed by atoms with Crippen LogP contribution in [0, 0.1) is 12.7 Å². The van der Waals surface area contributed by atoms with Gasteiger partial charge in [0.2, 0.25) is 0 Å². The molecule has 0 saturated carbocycles. The highest BCUT2D eigenvalue weighted by molar-refractivity contribution is 6.05. The Hall–Kier alpha value is -2.77. The fourth-order valence-corrected chi connectivity index (χ4v) is 3.70. The van der Waals surface area contributed by atoms with E-state index in [9.17, 15) is 19.1 Å². The molecule has 1 aliphatic rings. The van der Waals surface area contributed by atoms with Gasteiger partial charge < -0.3 is 15.7 Å². The lowest BCUT2D eigenvalue weighted by Crippen LogP contribution is -2.45. The number of aryl methyl sites for hydroxylation is 1. The van der Waals surface area contributed by atoms with Crippen molar-refractivity contribution in [3.63, 3.8) is 0 Å². The van der Waals surface area contributed by atoms with Crippen LogP contribution < -0.4 is 10.6 Å². The molecule has 30 heavy (non-hydrogen) atoms. The highest BCUT2D eigenvalue weighted by Gasteiger charge is 2.21. The van der Waals surface area contributed by atoms with Gasteiger partial charge in [-0.05, 0) is 62.2 Å². The highest BCUT2D eigenvalue weighted by atomic mass is 19.1. The van der Waals surface area contributed by atoms with Crippen LogP contribution in [-0.2, 0) is 0 Å². The molecular formula is C23H28FN3O3. The maximum atomic E-state index is 13.4. The van der Waals surface area contributed by atoms with E-state index in [1.807, 2.05) is 6.92 Å². The van der Waals surface area contributed by atoms with Gasteiger partial charge in [0.15, 0.2) is 0 Å². The van der Waals surface area contributed by atoms with Gasteiger partial charge in [-0.1, -0.05) is 18.6 Å². The van der Waals surface area contributed by atoms with Crippen LogP contribution in [0.15, 0.2) is 42.5 Å². The summed E-state index contributed by atoms with van der Waals surface area (Å²) < 4.78 is 13.4. The standard InChI is InChI=1S/C23H28FN3O3/c1-16-8-9-18(14-21(16)26-23(30)17-5-4-6-19(24)13-17)22(29)25-10-12-27-11-3-2-7-20(27)15-28/h4-6,8-9,13-14,20,28H,2-3,7,10-12,15H2,1H3,(H,25,29)(H,26,30). The molecule has 1 saturated heterocycles. The summed E-state index contributed by atoms with van der Waals surface area (Å²) in [5.41, 5.74) is 1.96. The lowest BCUT2D eigenvalue weighted by atomic mass is 10.0. The first-order valence-corrected chi connectivity index (χ1v) is 10.3. The van der Waals surface area contributed by atoms with Crippen LogP contribution >= 0.6 is 0 Å². The lowest BCUT2D eigenvalue weighted by Gasteiger charge is -2.34. The summed E-state index contributed by atoms with van der Waals surface area (Å²) in [4.78, 5) is 27.2. The monoisotopic (exact) mass is 413 g/mol. The Morgan fingerprint density at radius 2 is 1.93 bits per heavy atom. The number of likely N-dealkylation sites (tertiary alicyclic amines) is 1. The third kappa shape index (κ3) is 5.64. The molecule has 3 N–H and O–H groups in total. The maximum Gasteiger partial charge on any atom is 0.255 e. The second-order valence-corrected chi connectivity index (χ2v) is 7.62. The SMILES string of the molecule is Cc1ccc(C(=O)NCCN2CCCCC2CO)cc1NC(=O)c1cccc(F)c1. The maximum absolute atomic E-state index is 13.4. The number of rotatable bonds is 7. The van der Waals surface area contributed by atoms with Gasteiger partial charge in [-0.2, -0.15) is 0 Å². The molecule has 1 heterocycles. The predicted octanol–water partition coefficient (Wildman–Crippen LogP) is 2.96. The molecule has 3 rings (SSSR count). The van der Waals surface area contributed by atoms with Crippen molar-refractivity contribution in [2.45, 2.75) is 32.2 Å². The van der Waals surface area contributed by atoms with Crippen LogP contribution in [-0.4, -0.2) is 54.1 Å². The fraction of sp³-hybridized carbons (Fsp3) is 0.391. The Morgan fingerprint density at radius 1 is 1.13 bits per heavy atom. The topological polar surface area (TPSA) is 81.7 Å². The normalized spacial score (nSPS) is 16.8. The fourth-order valence-electron chi connectivity index (χ4n) is 3.70. The quantitative estimate of drug-likeness (QED) is 0.652. The van der Waals surface area contributed by atoms with Gasteiger partial charge in [0.1, 0.15) is 5.82 Å². The molecule has 2 amide bonds. The molecule has 7 heteroatoms. The van der Waals surface area contributed by atoms with Crippen LogP contribution in [0.2, 0.25) is 0 Å². The van der Waals surface area contributed by atoms with E-state index in [0.717, 1.165) is 31.4 Å².